The fourth-order valence-corrected chi connectivity index (χ4v) is 3.48. The monoisotopic (exact) mass is 303 g/mol. The minimum absolute atomic E-state index is 0.0103. The Bertz CT molecular complexity index is 570. The molecule has 1 aliphatic rings. The Morgan fingerprint density at radius 1 is 1.50 bits per heavy atom. The average Bonchev–Trinajstić information content (AvgIpc) is 2.92. The maximum Gasteiger partial charge on any atom is 0.241 e. The minimum atomic E-state index is -3.77. The number of benzene rings is 1. The lowest BCUT2D eigenvalue weighted by molar-refractivity contribution is 0.0902. The summed E-state index contributed by atoms with van der Waals surface area (Å²) in [5.74, 6) is -0.698. The van der Waals surface area contributed by atoms with Gasteiger partial charge in [0.25, 0.3) is 0 Å². The highest BCUT2D eigenvalue weighted by Crippen LogP contribution is 2.22. The van der Waals surface area contributed by atoms with Gasteiger partial charge in [0.15, 0.2) is 11.6 Å². The fraction of sp³-hybridized carbons (Fsp3) is 0.538. The molecule has 112 valence electrons. The Hall–Kier alpha value is -1.18. The van der Waals surface area contributed by atoms with Gasteiger partial charge in [-0.05, 0) is 38.0 Å². The van der Waals surface area contributed by atoms with Gasteiger partial charge in [0.2, 0.25) is 10.0 Å². The summed E-state index contributed by atoms with van der Waals surface area (Å²) in [7, 11) is -2.45. The molecule has 1 fully saturated rings. The molecule has 7 heteroatoms. The molecule has 0 amide bonds. The van der Waals surface area contributed by atoms with Crippen LogP contribution in [0.3, 0.4) is 0 Å². The van der Waals surface area contributed by atoms with Gasteiger partial charge in [-0.15, -0.1) is 0 Å². The summed E-state index contributed by atoms with van der Waals surface area (Å²) in [6.45, 7) is 2.39. The van der Waals surface area contributed by atoms with Crippen LogP contribution < -0.4 is 9.46 Å². The molecule has 1 saturated heterocycles. The van der Waals surface area contributed by atoms with Crippen molar-refractivity contribution in [2.75, 3.05) is 13.7 Å². The van der Waals surface area contributed by atoms with Crippen molar-refractivity contribution in [3.63, 3.8) is 0 Å². The van der Waals surface area contributed by atoms with Crippen LogP contribution in [0.15, 0.2) is 23.1 Å². The standard InChI is InChI=1S/C13H18FNO4S/c1-9(12-4-3-7-19-12)15-20(16,17)10-5-6-13(18-2)11(14)8-10/h5-6,8-9,12,15H,3-4,7H2,1-2H3/t9-,12+/m1/s1. The van der Waals surface area contributed by atoms with Crippen LogP contribution in [0.2, 0.25) is 0 Å². The minimum Gasteiger partial charge on any atom is -0.494 e. The normalized spacial score (nSPS) is 20.9. The predicted molar refractivity (Wildman–Crippen MR) is 71.7 cm³/mol. The maximum atomic E-state index is 13.6. The Balaban J connectivity index is 2.15. The topological polar surface area (TPSA) is 64.6 Å². The zero-order chi connectivity index (χ0) is 14.8. The molecular weight excluding hydrogens is 285 g/mol. The smallest absolute Gasteiger partial charge is 0.241 e. The molecule has 0 radical (unpaired) electrons. The first-order valence-electron chi connectivity index (χ1n) is 6.41. The first-order chi connectivity index (χ1) is 9.44. The molecule has 1 aromatic rings. The largest absolute Gasteiger partial charge is 0.494 e. The lowest BCUT2D eigenvalue weighted by atomic mass is 10.1. The van der Waals surface area contributed by atoms with E-state index < -0.39 is 15.8 Å². The summed E-state index contributed by atoms with van der Waals surface area (Å²) in [4.78, 5) is -0.124. The van der Waals surface area contributed by atoms with Crippen molar-refractivity contribution in [2.45, 2.75) is 36.8 Å². The molecule has 20 heavy (non-hydrogen) atoms. The number of sulfonamides is 1. The lowest BCUT2D eigenvalue weighted by Crippen LogP contribution is -2.40. The molecule has 1 aromatic carbocycles. The zero-order valence-corrected chi connectivity index (χ0v) is 12.2. The highest BCUT2D eigenvalue weighted by molar-refractivity contribution is 7.89. The Kier molecular flexibility index (Phi) is 4.62. The number of nitrogens with one attached hydrogen (secondary N) is 1. The van der Waals surface area contributed by atoms with Gasteiger partial charge in [-0.25, -0.2) is 17.5 Å². The summed E-state index contributed by atoms with van der Waals surface area (Å²) in [6, 6.07) is 3.20. The van der Waals surface area contributed by atoms with E-state index in [4.69, 9.17) is 9.47 Å². The molecular formula is C13H18FNO4S. The van der Waals surface area contributed by atoms with Gasteiger partial charge in [0, 0.05) is 12.6 Å². The summed E-state index contributed by atoms with van der Waals surface area (Å²) in [5.41, 5.74) is 0. The number of halogens is 1. The molecule has 0 unspecified atom stereocenters. The van der Waals surface area contributed by atoms with Crippen molar-refractivity contribution in [1.29, 1.82) is 0 Å². The van der Waals surface area contributed by atoms with E-state index in [1.807, 2.05) is 0 Å². The van der Waals surface area contributed by atoms with Crippen molar-refractivity contribution < 1.29 is 22.3 Å². The van der Waals surface area contributed by atoms with Crippen LogP contribution >= 0.6 is 0 Å². The third-order valence-electron chi connectivity index (χ3n) is 3.30. The molecule has 2 rings (SSSR count). The van der Waals surface area contributed by atoms with E-state index in [9.17, 15) is 12.8 Å². The fourth-order valence-electron chi connectivity index (χ4n) is 2.20. The first-order valence-corrected chi connectivity index (χ1v) is 7.90. The van der Waals surface area contributed by atoms with Crippen LogP contribution in [0, 0.1) is 5.82 Å². The highest BCUT2D eigenvalue weighted by Gasteiger charge is 2.27. The molecule has 1 heterocycles. The molecule has 1 aliphatic heterocycles. The number of rotatable bonds is 5. The molecule has 0 bridgehead atoms. The quantitative estimate of drug-likeness (QED) is 0.899. The average molecular weight is 303 g/mol. The van der Waals surface area contributed by atoms with E-state index in [1.54, 1.807) is 6.92 Å². The van der Waals surface area contributed by atoms with Crippen molar-refractivity contribution >= 4 is 10.0 Å². The molecule has 0 aliphatic carbocycles. The van der Waals surface area contributed by atoms with E-state index in [-0.39, 0.29) is 22.8 Å². The van der Waals surface area contributed by atoms with E-state index in [1.165, 1.54) is 19.2 Å². The van der Waals surface area contributed by atoms with Gasteiger partial charge >= 0.3 is 0 Å². The Labute approximate surface area is 118 Å². The van der Waals surface area contributed by atoms with Gasteiger partial charge in [-0.2, -0.15) is 0 Å². The van der Waals surface area contributed by atoms with Gasteiger partial charge in [-0.3, -0.25) is 0 Å². The third-order valence-corrected chi connectivity index (χ3v) is 4.85. The van der Waals surface area contributed by atoms with E-state index in [2.05, 4.69) is 4.72 Å². The van der Waals surface area contributed by atoms with Crippen LogP contribution in [0.1, 0.15) is 19.8 Å². The van der Waals surface area contributed by atoms with Crippen LogP contribution in [0.5, 0.6) is 5.75 Å². The number of hydrogen-bond acceptors (Lipinski definition) is 4. The van der Waals surface area contributed by atoms with Crippen LogP contribution in [0.4, 0.5) is 4.39 Å². The number of methoxy groups -OCH3 is 1. The molecule has 2 atom stereocenters. The number of hydrogen-bond donors (Lipinski definition) is 1. The summed E-state index contributed by atoms with van der Waals surface area (Å²) >= 11 is 0. The van der Waals surface area contributed by atoms with Gasteiger partial charge in [0.05, 0.1) is 18.1 Å². The number of ether oxygens (including phenoxy) is 2. The van der Waals surface area contributed by atoms with Crippen molar-refractivity contribution in [2.24, 2.45) is 0 Å². The second-order valence-electron chi connectivity index (χ2n) is 4.76. The molecule has 1 N–H and O–H groups in total. The second-order valence-corrected chi connectivity index (χ2v) is 6.47. The van der Waals surface area contributed by atoms with Gasteiger partial charge < -0.3 is 9.47 Å². The molecule has 5 nitrogen and oxygen atoms in total. The Morgan fingerprint density at radius 2 is 2.25 bits per heavy atom. The second kappa shape index (κ2) is 6.07. The highest BCUT2D eigenvalue weighted by atomic mass is 32.2. The third kappa shape index (κ3) is 3.28. The van der Waals surface area contributed by atoms with Crippen molar-refractivity contribution in [1.82, 2.24) is 4.72 Å². The summed E-state index contributed by atoms with van der Waals surface area (Å²) < 4.78 is 50.7. The lowest BCUT2D eigenvalue weighted by Gasteiger charge is -2.20. The SMILES string of the molecule is COc1ccc(S(=O)(=O)N[C@H](C)[C@@H]2CCCO2)cc1F. The molecule has 0 spiro atoms. The van der Waals surface area contributed by atoms with Crippen LogP contribution in [-0.2, 0) is 14.8 Å². The van der Waals surface area contributed by atoms with Crippen molar-refractivity contribution in [3.8, 4) is 5.75 Å². The molecule has 0 saturated carbocycles. The van der Waals surface area contributed by atoms with Crippen molar-refractivity contribution in [3.05, 3.63) is 24.0 Å². The zero-order valence-electron chi connectivity index (χ0n) is 11.4. The van der Waals surface area contributed by atoms with E-state index in [0.29, 0.717) is 6.61 Å². The van der Waals surface area contributed by atoms with E-state index >= 15 is 0 Å². The first kappa shape index (κ1) is 15.2. The predicted octanol–water partition coefficient (Wildman–Crippen LogP) is 1.68. The maximum absolute atomic E-state index is 13.6. The summed E-state index contributed by atoms with van der Waals surface area (Å²) in [5, 5.41) is 0. The van der Waals surface area contributed by atoms with Crippen LogP contribution in [-0.4, -0.2) is 34.3 Å². The Morgan fingerprint density at radius 3 is 2.80 bits per heavy atom. The van der Waals surface area contributed by atoms with E-state index in [0.717, 1.165) is 18.9 Å². The van der Waals surface area contributed by atoms with Crippen LogP contribution in [0.25, 0.3) is 0 Å². The molecule has 0 aromatic heterocycles. The van der Waals surface area contributed by atoms with Gasteiger partial charge in [0.1, 0.15) is 0 Å². The van der Waals surface area contributed by atoms with Gasteiger partial charge in [-0.1, -0.05) is 0 Å². The summed E-state index contributed by atoms with van der Waals surface area (Å²) in [6.07, 6.45) is 1.61.